The molecule has 0 aliphatic rings. The highest BCUT2D eigenvalue weighted by Gasteiger charge is 2.01. The van der Waals surface area contributed by atoms with Crippen LogP contribution in [0.1, 0.15) is 33.1 Å². The zero-order valence-corrected chi connectivity index (χ0v) is 6.85. The van der Waals surface area contributed by atoms with Gasteiger partial charge in [-0.2, -0.15) is 5.26 Å². The SMILES string of the molecule is CCCNC(C#N)CCC. The fraction of sp³-hybridized carbons (Fsp3) is 0.875. The molecule has 0 radical (unpaired) electrons. The number of hydrogen-bond donors (Lipinski definition) is 1. The van der Waals surface area contributed by atoms with E-state index in [-0.39, 0.29) is 6.04 Å². The van der Waals surface area contributed by atoms with E-state index in [4.69, 9.17) is 5.26 Å². The lowest BCUT2D eigenvalue weighted by Gasteiger charge is -2.07. The van der Waals surface area contributed by atoms with E-state index in [0.717, 1.165) is 25.8 Å². The van der Waals surface area contributed by atoms with Gasteiger partial charge in [0.2, 0.25) is 0 Å². The summed E-state index contributed by atoms with van der Waals surface area (Å²) >= 11 is 0. The summed E-state index contributed by atoms with van der Waals surface area (Å²) in [7, 11) is 0. The number of nitrogens with zero attached hydrogens (tertiary/aromatic N) is 1. The Morgan fingerprint density at radius 3 is 2.50 bits per heavy atom. The van der Waals surface area contributed by atoms with Crippen LogP contribution in [-0.4, -0.2) is 12.6 Å². The molecular formula is C8H16N2. The highest BCUT2D eigenvalue weighted by molar-refractivity contribution is 4.88. The lowest BCUT2D eigenvalue weighted by molar-refractivity contribution is 0.555. The molecule has 0 aromatic rings. The second-order valence-electron chi connectivity index (χ2n) is 2.42. The Hall–Kier alpha value is -0.550. The fourth-order valence-corrected chi connectivity index (χ4v) is 0.819. The minimum absolute atomic E-state index is 0.0740. The van der Waals surface area contributed by atoms with Gasteiger partial charge in [0.25, 0.3) is 0 Å². The van der Waals surface area contributed by atoms with E-state index < -0.39 is 0 Å². The third-order valence-electron chi connectivity index (χ3n) is 1.37. The number of hydrogen-bond acceptors (Lipinski definition) is 2. The fourth-order valence-electron chi connectivity index (χ4n) is 0.819. The first-order chi connectivity index (χ1) is 4.85. The maximum Gasteiger partial charge on any atom is 0.0952 e. The van der Waals surface area contributed by atoms with Crippen LogP contribution >= 0.6 is 0 Å². The van der Waals surface area contributed by atoms with Gasteiger partial charge in [0, 0.05) is 0 Å². The van der Waals surface area contributed by atoms with Gasteiger partial charge in [-0.15, -0.1) is 0 Å². The summed E-state index contributed by atoms with van der Waals surface area (Å²) in [5.74, 6) is 0. The van der Waals surface area contributed by atoms with Crippen molar-refractivity contribution in [2.24, 2.45) is 0 Å². The van der Waals surface area contributed by atoms with Crippen LogP contribution in [0.2, 0.25) is 0 Å². The van der Waals surface area contributed by atoms with Crippen LogP contribution < -0.4 is 5.32 Å². The van der Waals surface area contributed by atoms with Crippen molar-refractivity contribution in [2.75, 3.05) is 6.54 Å². The van der Waals surface area contributed by atoms with Crippen molar-refractivity contribution < 1.29 is 0 Å². The van der Waals surface area contributed by atoms with E-state index in [1.807, 2.05) is 0 Å². The maximum absolute atomic E-state index is 8.57. The van der Waals surface area contributed by atoms with E-state index in [1.54, 1.807) is 0 Å². The molecule has 0 fully saturated rings. The summed E-state index contributed by atoms with van der Waals surface area (Å²) in [5, 5.41) is 11.7. The van der Waals surface area contributed by atoms with Crippen molar-refractivity contribution in [1.82, 2.24) is 5.32 Å². The van der Waals surface area contributed by atoms with Crippen LogP contribution in [0.15, 0.2) is 0 Å². The van der Waals surface area contributed by atoms with Gasteiger partial charge in [0.05, 0.1) is 12.1 Å². The van der Waals surface area contributed by atoms with Gasteiger partial charge in [-0.25, -0.2) is 0 Å². The third-order valence-corrected chi connectivity index (χ3v) is 1.37. The second-order valence-corrected chi connectivity index (χ2v) is 2.42. The van der Waals surface area contributed by atoms with Crippen molar-refractivity contribution >= 4 is 0 Å². The smallest absolute Gasteiger partial charge is 0.0952 e. The summed E-state index contributed by atoms with van der Waals surface area (Å²) < 4.78 is 0. The summed E-state index contributed by atoms with van der Waals surface area (Å²) in [5.41, 5.74) is 0. The molecule has 0 aliphatic heterocycles. The summed E-state index contributed by atoms with van der Waals surface area (Å²) in [6.45, 7) is 5.16. The molecule has 1 N–H and O–H groups in total. The van der Waals surface area contributed by atoms with Gasteiger partial charge in [0.15, 0.2) is 0 Å². The molecule has 0 bridgehead atoms. The zero-order chi connectivity index (χ0) is 7.82. The van der Waals surface area contributed by atoms with Crippen molar-refractivity contribution in [2.45, 2.75) is 39.2 Å². The van der Waals surface area contributed by atoms with Gasteiger partial charge in [-0.3, -0.25) is 0 Å². The monoisotopic (exact) mass is 140 g/mol. The molecule has 1 atom stereocenters. The lowest BCUT2D eigenvalue weighted by atomic mass is 10.2. The van der Waals surface area contributed by atoms with Crippen molar-refractivity contribution in [3.63, 3.8) is 0 Å². The number of nitriles is 1. The summed E-state index contributed by atoms with van der Waals surface area (Å²) in [4.78, 5) is 0. The molecule has 0 aliphatic carbocycles. The molecule has 2 heteroatoms. The number of nitrogens with one attached hydrogen (secondary N) is 1. The van der Waals surface area contributed by atoms with Crippen molar-refractivity contribution in [3.8, 4) is 6.07 Å². The summed E-state index contributed by atoms with van der Waals surface area (Å²) in [6, 6.07) is 2.30. The van der Waals surface area contributed by atoms with Crippen LogP contribution in [0.4, 0.5) is 0 Å². The van der Waals surface area contributed by atoms with Crippen LogP contribution in [0.5, 0.6) is 0 Å². The molecule has 1 unspecified atom stereocenters. The molecule has 10 heavy (non-hydrogen) atoms. The topological polar surface area (TPSA) is 35.8 Å². The molecule has 2 nitrogen and oxygen atoms in total. The lowest BCUT2D eigenvalue weighted by Crippen LogP contribution is -2.27. The van der Waals surface area contributed by atoms with Gasteiger partial charge >= 0.3 is 0 Å². The summed E-state index contributed by atoms with van der Waals surface area (Å²) in [6.07, 6.45) is 3.15. The Bertz CT molecular complexity index is 104. The Kier molecular flexibility index (Phi) is 6.21. The van der Waals surface area contributed by atoms with Gasteiger partial charge in [-0.05, 0) is 19.4 Å². The first-order valence-electron chi connectivity index (χ1n) is 3.98. The molecule has 0 aromatic carbocycles. The van der Waals surface area contributed by atoms with Gasteiger partial charge in [0.1, 0.15) is 0 Å². The quantitative estimate of drug-likeness (QED) is 0.630. The maximum atomic E-state index is 8.57. The molecule has 58 valence electrons. The van der Waals surface area contributed by atoms with Crippen LogP contribution in [0.25, 0.3) is 0 Å². The van der Waals surface area contributed by atoms with Gasteiger partial charge in [-0.1, -0.05) is 20.3 Å². The minimum atomic E-state index is 0.0740. The van der Waals surface area contributed by atoms with E-state index in [0.29, 0.717) is 0 Å². The Morgan fingerprint density at radius 2 is 2.10 bits per heavy atom. The normalized spacial score (nSPS) is 12.5. The number of rotatable bonds is 5. The minimum Gasteiger partial charge on any atom is -0.302 e. The average molecular weight is 140 g/mol. The average Bonchev–Trinajstić information content (AvgIpc) is 1.98. The van der Waals surface area contributed by atoms with Crippen molar-refractivity contribution in [3.05, 3.63) is 0 Å². The zero-order valence-electron chi connectivity index (χ0n) is 6.85. The van der Waals surface area contributed by atoms with Gasteiger partial charge < -0.3 is 5.32 Å². The highest BCUT2D eigenvalue weighted by atomic mass is 14.9. The first-order valence-corrected chi connectivity index (χ1v) is 3.98. The Labute approximate surface area is 63.2 Å². The van der Waals surface area contributed by atoms with E-state index in [9.17, 15) is 0 Å². The molecule has 0 amide bonds. The predicted octanol–water partition coefficient (Wildman–Crippen LogP) is 1.68. The standard InChI is InChI=1S/C8H16N2/c1-3-5-8(7-9)10-6-4-2/h8,10H,3-6H2,1-2H3. The largest absolute Gasteiger partial charge is 0.302 e. The van der Waals surface area contributed by atoms with E-state index in [2.05, 4.69) is 25.2 Å². The van der Waals surface area contributed by atoms with Crippen LogP contribution in [0, 0.1) is 11.3 Å². The second kappa shape index (κ2) is 6.57. The molecule has 0 spiro atoms. The Balaban J connectivity index is 3.33. The molecule has 0 rings (SSSR count). The first kappa shape index (κ1) is 9.45. The van der Waals surface area contributed by atoms with E-state index in [1.165, 1.54) is 0 Å². The predicted molar refractivity (Wildman–Crippen MR) is 42.6 cm³/mol. The molecule has 0 saturated carbocycles. The molecule has 0 saturated heterocycles. The Morgan fingerprint density at radius 1 is 1.40 bits per heavy atom. The van der Waals surface area contributed by atoms with Crippen LogP contribution in [0.3, 0.4) is 0 Å². The molecule has 0 aromatic heterocycles. The highest BCUT2D eigenvalue weighted by Crippen LogP contribution is 1.93. The van der Waals surface area contributed by atoms with Crippen molar-refractivity contribution in [1.29, 1.82) is 5.26 Å². The third kappa shape index (κ3) is 4.34. The van der Waals surface area contributed by atoms with Crippen LogP contribution in [-0.2, 0) is 0 Å². The van der Waals surface area contributed by atoms with E-state index >= 15 is 0 Å². The molecule has 0 heterocycles. The molecular weight excluding hydrogens is 124 g/mol.